The number of benzene rings is 2. The van der Waals surface area contributed by atoms with Gasteiger partial charge in [-0.3, -0.25) is 9.10 Å². The zero-order valence-electron chi connectivity index (χ0n) is 13.6. The molecule has 0 saturated carbocycles. The number of anilines is 1. The summed E-state index contributed by atoms with van der Waals surface area (Å²) in [5, 5.41) is 8.95. The highest BCUT2D eigenvalue weighted by Crippen LogP contribution is 2.27. The Kier molecular flexibility index (Phi) is 6.44. The van der Waals surface area contributed by atoms with E-state index in [0.717, 1.165) is 8.78 Å². The number of sulfonamides is 1. The summed E-state index contributed by atoms with van der Waals surface area (Å²) in [5.74, 6) is -0.451. The lowest BCUT2D eigenvalue weighted by Gasteiger charge is -2.24. The van der Waals surface area contributed by atoms with Crippen LogP contribution in [0.2, 0.25) is 0 Å². The fourth-order valence-corrected chi connectivity index (χ4v) is 3.92. The van der Waals surface area contributed by atoms with Crippen molar-refractivity contribution in [3.63, 3.8) is 0 Å². The summed E-state index contributed by atoms with van der Waals surface area (Å²) >= 11 is 3.27. The van der Waals surface area contributed by atoms with Crippen molar-refractivity contribution in [3.8, 4) is 5.75 Å². The van der Waals surface area contributed by atoms with Gasteiger partial charge in [-0.15, -0.1) is 0 Å². The van der Waals surface area contributed by atoms with Crippen LogP contribution >= 0.6 is 15.9 Å². The fourth-order valence-electron chi connectivity index (χ4n) is 2.19. The predicted molar refractivity (Wildman–Crippen MR) is 98.5 cm³/mol. The lowest BCUT2D eigenvalue weighted by Crippen LogP contribution is -2.33. The number of rotatable bonds is 8. The maximum atomic E-state index is 13.0. The number of hydrogen-bond donors (Lipinski definition) is 1. The van der Waals surface area contributed by atoms with Gasteiger partial charge in [0.15, 0.2) is 0 Å². The van der Waals surface area contributed by atoms with Gasteiger partial charge in [-0.25, -0.2) is 8.42 Å². The third-order valence-electron chi connectivity index (χ3n) is 3.37. The van der Waals surface area contributed by atoms with Gasteiger partial charge in [0, 0.05) is 11.0 Å². The minimum absolute atomic E-state index is 0.0926. The van der Waals surface area contributed by atoms with Crippen molar-refractivity contribution in [2.75, 3.05) is 17.5 Å². The van der Waals surface area contributed by atoms with Gasteiger partial charge in [-0.2, -0.15) is 0 Å². The maximum Gasteiger partial charge on any atom is 0.305 e. The minimum atomic E-state index is -3.88. The van der Waals surface area contributed by atoms with E-state index >= 15 is 0 Å². The molecular weight excluding hydrogens is 410 g/mol. The second kappa shape index (κ2) is 8.35. The Hall–Kier alpha value is -2.06. The fraction of sp³-hybridized carbons (Fsp3) is 0.235. The molecule has 0 saturated heterocycles. The van der Waals surface area contributed by atoms with Crippen molar-refractivity contribution in [1.29, 1.82) is 0 Å². The van der Waals surface area contributed by atoms with E-state index < -0.39 is 16.0 Å². The lowest BCUT2D eigenvalue weighted by atomic mass is 10.3. The van der Waals surface area contributed by atoms with Gasteiger partial charge in [0.05, 0.1) is 23.6 Å². The quantitative estimate of drug-likeness (QED) is 0.696. The normalized spacial score (nSPS) is 11.1. The first-order valence-electron chi connectivity index (χ1n) is 7.57. The van der Waals surface area contributed by atoms with Crippen LogP contribution in [-0.2, 0) is 14.8 Å². The predicted octanol–water partition coefficient (Wildman–Crippen LogP) is 3.52. The lowest BCUT2D eigenvalue weighted by molar-refractivity contribution is -0.136. The van der Waals surface area contributed by atoms with Crippen LogP contribution in [0.4, 0.5) is 5.69 Å². The summed E-state index contributed by atoms with van der Waals surface area (Å²) in [6.07, 6.45) is -0.303. The zero-order valence-corrected chi connectivity index (χ0v) is 16.0. The van der Waals surface area contributed by atoms with Crippen LogP contribution in [0.5, 0.6) is 5.75 Å². The summed E-state index contributed by atoms with van der Waals surface area (Å²) < 4.78 is 33.1. The summed E-state index contributed by atoms with van der Waals surface area (Å²) in [5.41, 5.74) is 0.382. The summed E-state index contributed by atoms with van der Waals surface area (Å²) in [4.78, 5) is 11.0. The number of hydrogen-bond acceptors (Lipinski definition) is 4. The van der Waals surface area contributed by atoms with Crippen LogP contribution in [0.1, 0.15) is 13.3 Å². The van der Waals surface area contributed by atoms with E-state index in [1.807, 2.05) is 6.92 Å². The standard InChI is InChI=1S/C17H18BrNO5S/c1-2-24-15-7-5-14(6-8-15)19(12-11-17(20)21)25(22,23)16-9-3-13(18)4-10-16/h3-10H,2,11-12H2,1H3,(H,20,21). The zero-order chi connectivity index (χ0) is 18.4. The molecule has 0 aliphatic rings. The summed E-state index contributed by atoms with van der Waals surface area (Å²) in [6.45, 7) is 2.19. The Morgan fingerprint density at radius 1 is 1.12 bits per heavy atom. The van der Waals surface area contributed by atoms with Crippen molar-refractivity contribution in [2.24, 2.45) is 0 Å². The van der Waals surface area contributed by atoms with Crippen molar-refractivity contribution in [3.05, 3.63) is 53.0 Å². The molecule has 0 amide bonds. The number of carbonyl (C=O) groups is 1. The van der Waals surface area contributed by atoms with Crippen LogP contribution in [-0.4, -0.2) is 32.6 Å². The molecule has 0 unspecified atom stereocenters. The molecule has 0 aliphatic carbocycles. The summed E-state index contributed by atoms with van der Waals surface area (Å²) in [6, 6.07) is 12.7. The van der Waals surface area contributed by atoms with E-state index in [1.165, 1.54) is 12.1 Å². The van der Waals surface area contributed by atoms with Crippen molar-refractivity contribution in [2.45, 2.75) is 18.2 Å². The highest BCUT2D eigenvalue weighted by atomic mass is 79.9. The molecule has 0 atom stereocenters. The van der Waals surface area contributed by atoms with Gasteiger partial charge in [-0.1, -0.05) is 15.9 Å². The van der Waals surface area contributed by atoms with Gasteiger partial charge in [-0.05, 0) is 55.5 Å². The molecule has 25 heavy (non-hydrogen) atoms. The van der Waals surface area contributed by atoms with Gasteiger partial charge < -0.3 is 9.84 Å². The SMILES string of the molecule is CCOc1ccc(N(CCC(=O)O)S(=O)(=O)c2ccc(Br)cc2)cc1. The number of aliphatic carboxylic acids is 1. The van der Waals surface area contributed by atoms with Crippen molar-refractivity contribution >= 4 is 37.6 Å². The average molecular weight is 428 g/mol. The third kappa shape index (κ3) is 4.96. The summed E-state index contributed by atoms with van der Waals surface area (Å²) in [7, 11) is -3.88. The average Bonchev–Trinajstić information content (AvgIpc) is 2.56. The van der Waals surface area contributed by atoms with Crippen molar-refractivity contribution < 1.29 is 23.1 Å². The van der Waals surface area contributed by atoms with Crippen LogP contribution in [0.3, 0.4) is 0 Å². The van der Waals surface area contributed by atoms with E-state index in [4.69, 9.17) is 9.84 Å². The van der Waals surface area contributed by atoms with Gasteiger partial charge in [0.25, 0.3) is 10.0 Å². The number of nitrogens with zero attached hydrogens (tertiary/aromatic N) is 1. The first-order valence-corrected chi connectivity index (χ1v) is 9.81. The Morgan fingerprint density at radius 3 is 2.24 bits per heavy atom. The Labute approximate surface area is 155 Å². The van der Waals surface area contributed by atoms with E-state index in [0.29, 0.717) is 18.0 Å². The van der Waals surface area contributed by atoms with E-state index in [1.54, 1.807) is 36.4 Å². The molecule has 6 nitrogen and oxygen atoms in total. The third-order valence-corrected chi connectivity index (χ3v) is 5.74. The van der Waals surface area contributed by atoms with E-state index in [-0.39, 0.29) is 17.9 Å². The van der Waals surface area contributed by atoms with Crippen LogP contribution in [0.15, 0.2) is 57.9 Å². The van der Waals surface area contributed by atoms with Crippen LogP contribution in [0.25, 0.3) is 0 Å². The molecule has 0 spiro atoms. The maximum absolute atomic E-state index is 13.0. The second-order valence-corrected chi connectivity index (χ2v) is 7.88. The van der Waals surface area contributed by atoms with Gasteiger partial charge >= 0.3 is 5.97 Å². The molecule has 2 aromatic rings. The largest absolute Gasteiger partial charge is 0.494 e. The number of halogens is 1. The molecule has 2 aromatic carbocycles. The minimum Gasteiger partial charge on any atom is -0.494 e. The van der Waals surface area contributed by atoms with Crippen LogP contribution < -0.4 is 9.04 Å². The Bertz CT molecular complexity index is 819. The smallest absolute Gasteiger partial charge is 0.305 e. The molecule has 134 valence electrons. The van der Waals surface area contributed by atoms with Gasteiger partial charge in [0.1, 0.15) is 5.75 Å². The molecule has 8 heteroatoms. The molecule has 0 bridgehead atoms. The molecule has 0 aromatic heterocycles. The first-order chi connectivity index (χ1) is 11.8. The highest BCUT2D eigenvalue weighted by Gasteiger charge is 2.25. The molecule has 0 aliphatic heterocycles. The number of carboxylic acid groups (broad SMARTS) is 1. The Morgan fingerprint density at radius 2 is 1.72 bits per heavy atom. The monoisotopic (exact) mass is 427 g/mol. The second-order valence-electron chi connectivity index (χ2n) is 5.10. The van der Waals surface area contributed by atoms with Crippen molar-refractivity contribution in [1.82, 2.24) is 0 Å². The molecule has 0 fully saturated rings. The molecular formula is C17H18BrNO5S. The van der Waals surface area contributed by atoms with Crippen LogP contribution in [0, 0.1) is 0 Å². The van der Waals surface area contributed by atoms with E-state index in [2.05, 4.69) is 15.9 Å². The van der Waals surface area contributed by atoms with E-state index in [9.17, 15) is 13.2 Å². The molecule has 2 rings (SSSR count). The Balaban J connectivity index is 2.40. The topological polar surface area (TPSA) is 83.9 Å². The molecule has 0 heterocycles. The molecule has 1 N–H and O–H groups in total. The number of carboxylic acids is 1. The highest BCUT2D eigenvalue weighted by molar-refractivity contribution is 9.10. The number of ether oxygens (including phenoxy) is 1. The van der Waals surface area contributed by atoms with Gasteiger partial charge in [0.2, 0.25) is 0 Å². The first kappa shape index (κ1) is 19.3. The molecule has 0 radical (unpaired) electrons.